The average Bonchev–Trinajstić information content (AvgIpc) is 2.33. The van der Waals surface area contributed by atoms with Crippen LogP contribution < -0.4 is 5.32 Å². The number of nitriles is 1. The Morgan fingerprint density at radius 2 is 2.12 bits per heavy atom. The first-order chi connectivity index (χ1) is 8.19. The SMILES string of the molecule is N#Cc1cc(Nc2ccc(F)cc2Br)ccn1. The molecule has 0 atom stereocenters. The van der Waals surface area contributed by atoms with Crippen LogP contribution in [0, 0.1) is 17.1 Å². The molecule has 3 nitrogen and oxygen atoms in total. The summed E-state index contributed by atoms with van der Waals surface area (Å²) in [4.78, 5) is 3.86. The zero-order chi connectivity index (χ0) is 12.3. The fourth-order valence-electron chi connectivity index (χ4n) is 1.32. The molecule has 0 aliphatic heterocycles. The van der Waals surface area contributed by atoms with E-state index >= 15 is 0 Å². The van der Waals surface area contributed by atoms with Gasteiger partial charge in [0, 0.05) is 16.4 Å². The van der Waals surface area contributed by atoms with Gasteiger partial charge in [0.2, 0.25) is 0 Å². The number of nitrogens with one attached hydrogen (secondary N) is 1. The highest BCUT2D eigenvalue weighted by atomic mass is 79.9. The lowest BCUT2D eigenvalue weighted by atomic mass is 10.2. The lowest BCUT2D eigenvalue weighted by Crippen LogP contribution is -1.93. The molecule has 0 unspecified atom stereocenters. The fraction of sp³-hybridized carbons (Fsp3) is 0. The van der Waals surface area contributed by atoms with Gasteiger partial charge in [-0.15, -0.1) is 0 Å². The Bertz CT molecular complexity index is 593. The highest BCUT2D eigenvalue weighted by molar-refractivity contribution is 9.10. The molecule has 5 heteroatoms. The van der Waals surface area contributed by atoms with Crippen molar-refractivity contribution >= 4 is 27.3 Å². The summed E-state index contributed by atoms with van der Waals surface area (Å²) in [5.74, 6) is -0.310. The number of rotatable bonds is 2. The summed E-state index contributed by atoms with van der Waals surface area (Å²) in [5, 5.41) is 11.8. The van der Waals surface area contributed by atoms with Crippen molar-refractivity contribution in [2.24, 2.45) is 0 Å². The smallest absolute Gasteiger partial charge is 0.142 e. The third kappa shape index (κ3) is 2.80. The number of aromatic nitrogens is 1. The fourth-order valence-corrected chi connectivity index (χ4v) is 1.77. The molecule has 0 fully saturated rings. The van der Waals surface area contributed by atoms with Crippen LogP contribution in [0.5, 0.6) is 0 Å². The van der Waals surface area contributed by atoms with E-state index in [1.54, 1.807) is 18.2 Å². The van der Waals surface area contributed by atoms with Crippen molar-refractivity contribution in [1.29, 1.82) is 5.26 Å². The van der Waals surface area contributed by atoms with E-state index in [1.165, 1.54) is 18.3 Å². The molecule has 2 aromatic rings. The molecule has 0 radical (unpaired) electrons. The van der Waals surface area contributed by atoms with Gasteiger partial charge in [-0.3, -0.25) is 0 Å². The summed E-state index contributed by atoms with van der Waals surface area (Å²) in [6, 6.07) is 9.65. The monoisotopic (exact) mass is 291 g/mol. The Kier molecular flexibility index (Phi) is 3.35. The van der Waals surface area contributed by atoms with Gasteiger partial charge < -0.3 is 5.32 Å². The van der Waals surface area contributed by atoms with Crippen LogP contribution in [-0.2, 0) is 0 Å². The summed E-state index contributed by atoms with van der Waals surface area (Å²) in [6.45, 7) is 0. The third-order valence-electron chi connectivity index (χ3n) is 2.08. The van der Waals surface area contributed by atoms with Gasteiger partial charge in [-0.2, -0.15) is 5.26 Å². The largest absolute Gasteiger partial charge is 0.354 e. The van der Waals surface area contributed by atoms with Crippen molar-refractivity contribution in [3.8, 4) is 6.07 Å². The van der Waals surface area contributed by atoms with Crippen molar-refractivity contribution in [3.63, 3.8) is 0 Å². The molecule has 0 spiro atoms. The predicted octanol–water partition coefficient (Wildman–Crippen LogP) is 3.60. The number of anilines is 2. The Hall–Kier alpha value is -1.93. The Morgan fingerprint density at radius 3 is 2.82 bits per heavy atom. The topological polar surface area (TPSA) is 48.7 Å². The molecule has 2 rings (SSSR count). The summed E-state index contributed by atoms with van der Waals surface area (Å²) in [5.41, 5.74) is 1.78. The van der Waals surface area contributed by atoms with Gasteiger partial charge in [0.15, 0.2) is 0 Å². The molecule has 1 aromatic carbocycles. The molecular weight excluding hydrogens is 285 g/mol. The van der Waals surface area contributed by atoms with Gasteiger partial charge in [0.05, 0.1) is 5.69 Å². The molecule has 0 bridgehead atoms. The van der Waals surface area contributed by atoms with E-state index in [9.17, 15) is 4.39 Å². The zero-order valence-electron chi connectivity index (χ0n) is 8.61. The molecule has 0 aliphatic carbocycles. The number of hydrogen-bond donors (Lipinski definition) is 1. The van der Waals surface area contributed by atoms with Crippen LogP contribution in [-0.4, -0.2) is 4.98 Å². The first-order valence-corrected chi connectivity index (χ1v) is 5.56. The number of hydrogen-bond acceptors (Lipinski definition) is 3. The van der Waals surface area contributed by atoms with E-state index in [4.69, 9.17) is 5.26 Å². The van der Waals surface area contributed by atoms with Gasteiger partial charge >= 0.3 is 0 Å². The van der Waals surface area contributed by atoms with Crippen LogP contribution >= 0.6 is 15.9 Å². The van der Waals surface area contributed by atoms with Crippen LogP contribution in [0.4, 0.5) is 15.8 Å². The van der Waals surface area contributed by atoms with Crippen LogP contribution in [0.25, 0.3) is 0 Å². The quantitative estimate of drug-likeness (QED) is 0.920. The second kappa shape index (κ2) is 4.93. The minimum absolute atomic E-state index is 0.310. The molecule has 0 saturated heterocycles. The van der Waals surface area contributed by atoms with Crippen LogP contribution in [0.1, 0.15) is 5.69 Å². The summed E-state index contributed by atoms with van der Waals surface area (Å²) in [7, 11) is 0. The average molecular weight is 292 g/mol. The van der Waals surface area contributed by atoms with Crippen molar-refractivity contribution in [3.05, 3.63) is 52.5 Å². The third-order valence-corrected chi connectivity index (χ3v) is 2.74. The van der Waals surface area contributed by atoms with Gasteiger partial charge in [-0.05, 0) is 46.3 Å². The van der Waals surface area contributed by atoms with Crippen molar-refractivity contribution in [2.75, 3.05) is 5.32 Å². The zero-order valence-corrected chi connectivity index (χ0v) is 10.2. The van der Waals surface area contributed by atoms with Crippen LogP contribution in [0.3, 0.4) is 0 Å². The maximum Gasteiger partial charge on any atom is 0.142 e. The van der Waals surface area contributed by atoms with E-state index in [0.29, 0.717) is 10.2 Å². The number of halogens is 2. The molecular formula is C12H7BrFN3. The van der Waals surface area contributed by atoms with E-state index in [-0.39, 0.29) is 5.82 Å². The maximum atomic E-state index is 12.9. The normalized spacial score (nSPS) is 9.71. The predicted molar refractivity (Wildman–Crippen MR) is 66.3 cm³/mol. The van der Waals surface area contributed by atoms with Gasteiger partial charge in [0.25, 0.3) is 0 Å². The van der Waals surface area contributed by atoms with Gasteiger partial charge in [0.1, 0.15) is 17.6 Å². The first-order valence-electron chi connectivity index (χ1n) is 4.77. The summed E-state index contributed by atoms with van der Waals surface area (Å²) >= 11 is 3.26. The molecule has 17 heavy (non-hydrogen) atoms. The Balaban J connectivity index is 2.28. The Morgan fingerprint density at radius 1 is 1.29 bits per heavy atom. The van der Waals surface area contributed by atoms with Crippen molar-refractivity contribution < 1.29 is 4.39 Å². The number of benzene rings is 1. The van der Waals surface area contributed by atoms with Gasteiger partial charge in [-0.1, -0.05) is 0 Å². The van der Waals surface area contributed by atoms with Crippen LogP contribution in [0.2, 0.25) is 0 Å². The lowest BCUT2D eigenvalue weighted by molar-refractivity contribution is 0.627. The summed E-state index contributed by atoms with van der Waals surface area (Å²) in [6.07, 6.45) is 1.54. The first kappa shape index (κ1) is 11.6. The molecule has 0 amide bonds. The van der Waals surface area contributed by atoms with Crippen LogP contribution in [0.15, 0.2) is 41.0 Å². The molecule has 0 aliphatic rings. The number of nitrogens with zero attached hydrogens (tertiary/aromatic N) is 2. The molecule has 1 N–H and O–H groups in total. The van der Waals surface area contributed by atoms with E-state index in [2.05, 4.69) is 26.2 Å². The minimum atomic E-state index is -0.310. The van der Waals surface area contributed by atoms with Crippen molar-refractivity contribution in [1.82, 2.24) is 4.98 Å². The second-order valence-corrected chi connectivity index (χ2v) is 4.15. The minimum Gasteiger partial charge on any atom is -0.354 e. The molecule has 1 heterocycles. The lowest BCUT2D eigenvalue weighted by Gasteiger charge is -2.08. The molecule has 0 saturated carbocycles. The highest BCUT2D eigenvalue weighted by Gasteiger charge is 2.02. The second-order valence-electron chi connectivity index (χ2n) is 3.29. The highest BCUT2D eigenvalue weighted by Crippen LogP contribution is 2.26. The molecule has 1 aromatic heterocycles. The number of pyridine rings is 1. The standard InChI is InChI=1S/C12H7BrFN3/c13-11-5-8(14)1-2-12(11)17-9-3-4-16-10(6-9)7-15/h1-6H,(H,16,17). The van der Waals surface area contributed by atoms with E-state index < -0.39 is 0 Å². The Labute approximate surface area is 106 Å². The molecule has 84 valence electrons. The maximum absolute atomic E-state index is 12.9. The summed E-state index contributed by atoms with van der Waals surface area (Å²) < 4.78 is 13.5. The van der Waals surface area contributed by atoms with Crippen molar-refractivity contribution in [2.45, 2.75) is 0 Å². The van der Waals surface area contributed by atoms with E-state index in [0.717, 1.165) is 11.4 Å². The van der Waals surface area contributed by atoms with Gasteiger partial charge in [-0.25, -0.2) is 9.37 Å². The van der Waals surface area contributed by atoms with E-state index in [1.807, 2.05) is 6.07 Å².